The number of carbonyl (C=O) groups is 1. The Labute approximate surface area is 100 Å². The van der Waals surface area contributed by atoms with E-state index in [0.717, 1.165) is 0 Å². The van der Waals surface area contributed by atoms with Crippen LogP contribution in [0.5, 0.6) is 5.88 Å². The van der Waals surface area contributed by atoms with Crippen LogP contribution in [0.4, 0.5) is 5.82 Å². The highest BCUT2D eigenvalue weighted by molar-refractivity contribution is 5.82. The summed E-state index contributed by atoms with van der Waals surface area (Å²) in [7, 11) is 3.20. The molecular formula is C11H17N3O3. The van der Waals surface area contributed by atoms with Gasteiger partial charge in [0.1, 0.15) is 17.7 Å². The van der Waals surface area contributed by atoms with Gasteiger partial charge in [-0.3, -0.25) is 0 Å². The molecule has 1 rings (SSSR count). The molecule has 0 amide bonds. The number of hydrogen-bond acceptors (Lipinski definition) is 5. The fourth-order valence-corrected chi connectivity index (χ4v) is 1.38. The smallest absolute Gasteiger partial charge is 0.328 e. The molecule has 0 saturated heterocycles. The minimum atomic E-state index is -1.05. The van der Waals surface area contributed by atoms with Gasteiger partial charge in [-0.05, 0) is 20.8 Å². The molecule has 94 valence electrons. The quantitative estimate of drug-likeness (QED) is 0.847. The van der Waals surface area contributed by atoms with Crippen molar-refractivity contribution < 1.29 is 14.6 Å². The molecule has 0 spiro atoms. The predicted octanol–water partition coefficient (Wildman–Crippen LogP) is 1.09. The van der Waals surface area contributed by atoms with E-state index in [9.17, 15) is 9.90 Å². The monoisotopic (exact) mass is 239 g/mol. The van der Waals surface area contributed by atoms with Crippen molar-refractivity contribution in [1.82, 2.24) is 9.97 Å². The molecule has 0 bridgehead atoms. The van der Waals surface area contributed by atoms with E-state index in [1.807, 2.05) is 0 Å². The Morgan fingerprint density at radius 1 is 1.47 bits per heavy atom. The first-order chi connectivity index (χ1) is 7.82. The van der Waals surface area contributed by atoms with Crippen LogP contribution in [-0.4, -0.2) is 40.7 Å². The lowest BCUT2D eigenvalue weighted by atomic mass is 10.0. The molecule has 17 heavy (non-hydrogen) atoms. The predicted molar refractivity (Wildman–Crippen MR) is 63.4 cm³/mol. The Balaban J connectivity index is 3.21. The average Bonchev–Trinajstić information content (AvgIpc) is 2.28. The summed E-state index contributed by atoms with van der Waals surface area (Å²) in [6.07, 6.45) is 1.36. The van der Waals surface area contributed by atoms with E-state index in [1.54, 1.807) is 32.7 Å². The van der Waals surface area contributed by atoms with Gasteiger partial charge >= 0.3 is 5.97 Å². The molecule has 0 unspecified atom stereocenters. The first-order valence-electron chi connectivity index (χ1n) is 5.15. The summed E-state index contributed by atoms with van der Waals surface area (Å²) in [5, 5.41) is 9.17. The summed E-state index contributed by atoms with van der Waals surface area (Å²) >= 11 is 0. The second-order valence-electron chi connectivity index (χ2n) is 4.25. The lowest BCUT2D eigenvalue weighted by Gasteiger charge is -2.33. The number of ether oxygens (including phenoxy) is 1. The zero-order valence-corrected chi connectivity index (χ0v) is 10.7. The van der Waals surface area contributed by atoms with Gasteiger partial charge in [-0.1, -0.05) is 0 Å². The van der Waals surface area contributed by atoms with E-state index in [1.165, 1.54) is 13.4 Å². The number of nitrogens with zero attached hydrogens (tertiary/aromatic N) is 3. The fourth-order valence-electron chi connectivity index (χ4n) is 1.38. The second kappa shape index (κ2) is 4.57. The first kappa shape index (κ1) is 13.2. The number of rotatable bonds is 4. The number of hydrogen-bond donors (Lipinski definition) is 1. The number of aromatic nitrogens is 2. The third-order valence-electron chi connectivity index (χ3n) is 2.88. The van der Waals surface area contributed by atoms with E-state index in [0.29, 0.717) is 17.3 Å². The molecule has 6 heteroatoms. The van der Waals surface area contributed by atoms with Crippen LogP contribution in [0.15, 0.2) is 6.33 Å². The van der Waals surface area contributed by atoms with Crippen molar-refractivity contribution in [3.63, 3.8) is 0 Å². The Bertz CT molecular complexity index is 432. The zero-order valence-electron chi connectivity index (χ0n) is 10.7. The van der Waals surface area contributed by atoms with Crippen LogP contribution in [0.3, 0.4) is 0 Å². The third kappa shape index (κ3) is 2.30. The maximum absolute atomic E-state index is 11.2. The van der Waals surface area contributed by atoms with Crippen LogP contribution in [0.1, 0.15) is 19.4 Å². The van der Waals surface area contributed by atoms with E-state index in [-0.39, 0.29) is 0 Å². The van der Waals surface area contributed by atoms with Crippen LogP contribution in [0.2, 0.25) is 0 Å². The molecule has 0 aliphatic carbocycles. The highest BCUT2D eigenvalue weighted by Gasteiger charge is 2.34. The van der Waals surface area contributed by atoms with Crippen molar-refractivity contribution in [3.05, 3.63) is 11.9 Å². The zero-order chi connectivity index (χ0) is 13.2. The highest BCUT2D eigenvalue weighted by Crippen LogP contribution is 2.27. The molecule has 0 aromatic carbocycles. The molecule has 1 N–H and O–H groups in total. The number of carboxylic acid groups (broad SMARTS) is 1. The van der Waals surface area contributed by atoms with Crippen LogP contribution in [0.25, 0.3) is 0 Å². The number of aliphatic carboxylic acids is 1. The maximum Gasteiger partial charge on any atom is 0.328 e. The van der Waals surface area contributed by atoms with Crippen molar-refractivity contribution in [3.8, 4) is 5.88 Å². The van der Waals surface area contributed by atoms with E-state index >= 15 is 0 Å². The molecule has 1 aromatic heterocycles. The molecule has 0 radical (unpaired) electrons. The van der Waals surface area contributed by atoms with Crippen molar-refractivity contribution in [2.45, 2.75) is 26.3 Å². The fraction of sp³-hybridized carbons (Fsp3) is 0.545. The summed E-state index contributed by atoms with van der Waals surface area (Å²) in [4.78, 5) is 20.8. The Morgan fingerprint density at radius 2 is 2.06 bits per heavy atom. The molecule has 0 aliphatic heterocycles. The molecule has 0 fully saturated rings. The summed E-state index contributed by atoms with van der Waals surface area (Å²) in [5.41, 5.74) is -0.337. The minimum absolute atomic E-state index is 0.447. The Hall–Kier alpha value is -1.85. The van der Waals surface area contributed by atoms with E-state index in [4.69, 9.17) is 4.74 Å². The maximum atomic E-state index is 11.2. The molecular weight excluding hydrogens is 222 g/mol. The van der Waals surface area contributed by atoms with Gasteiger partial charge in [0, 0.05) is 7.05 Å². The Morgan fingerprint density at radius 3 is 2.53 bits per heavy atom. The van der Waals surface area contributed by atoms with Crippen molar-refractivity contribution in [2.24, 2.45) is 0 Å². The van der Waals surface area contributed by atoms with Crippen LogP contribution in [-0.2, 0) is 4.79 Å². The van der Waals surface area contributed by atoms with Crippen LogP contribution < -0.4 is 9.64 Å². The summed E-state index contributed by atoms with van der Waals surface area (Å²) in [6, 6.07) is 0. The topological polar surface area (TPSA) is 75.6 Å². The normalized spacial score (nSPS) is 11.1. The van der Waals surface area contributed by atoms with Gasteiger partial charge in [0.25, 0.3) is 0 Å². The summed E-state index contributed by atoms with van der Waals surface area (Å²) in [5.74, 6) is 0.0734. The van der Waals surface area contributed by atoms with Gasteiger partial charge in [-0.25, -0.2) is 14.8 Å². The molecule has 6 nitrogen and oxygen atoms in total. The van der Waals surface area contributed by atoms with Gasteiger partial charge in [-0.15, -0.1) is 0 Å². The second-order valence-corrected chi connectivity index (χ2v) is 4.25. The minimum Gasteiger partial charge on any atom is -0.481 e. The number of anilines is 1. The van der Waals surface area contributed by atoms with Gasteiger partial charge < -0.3 is 14.7 Å². The summed E-state index contributed by atoms with van der Waals surface area (Å²) < 4.78 is 5.08. The van der Waals surface area contributed by atoms with Crippen molar-refractivity contribution in [1.29, 1.82) is 0 Å². The standard InChI is InChI=1S/C11H17N3O3/c1-7-8(12-6-13-9(7)17-5)14(4)11(2,3)10(15)16/h6H,1-5H3,(H,15,16). The molecule has 0 atom stereocenters. The molecule has 1 heterocycles. The van der Waals surface area contributed by atoms with Gasteiger partial charge in [-0.2, -0.15) is 0 Å². The van der Waals surface area contributed by atoms with Crippen LogP contribution >= 0.6 is 0 Å². The molecule has 1 aromatic rings. The van der Waals surface area contributed by atoms with Crippen molar-refractivity contribution >= 4 is 11.8 Å². The Kier molecular flexibility index (Phi) is 3.55. The summed E-state index contributed by atoms with van der Waals surface area (Å²) in [6.45, 7) is 5.02. The molecule has 0 aliphatic rings. The molecule has 0 saturated carbocycles. The lowest BCUT2D eigenvalue weighted by Crippen LogP contribution is -2.48. The SMILES string of the molecule is COc1ncnc(N(C)C(C)(C)C(=O)O)c1C. The highest BCUT2D eigenvalue weighted by atomic mass is 16.5. The third-order valence-corrected chi connectivity index (χ3v) is 2.88. The largest absolute Gasteiger partial charge is 0.481 e. The first-order valence-corrected chi connectivity index (χ1v) is 5.15. The van der Waals surface area contributed by atoms with Gasteiger partial charge in [0.15, 0.2) is 0 Å². The number of carboxylic acids is 1. The number of methoxy groups -OCH3 is 1. The van der Waals surface area contributed by atoms with E-state index in [2.05, 4.69) is 9.97 Å². The lowest BCUT2D eigenvalue weighted by molar-refractivity contribution is -0.142. The average molecular weight is 239 g/mol. The van der Waals surface area contributed by atoms with Gasteiger partial charge in [0.2, 0.25) is 5.88 Å². The van der Waals surface area contributed by atoms with E-state index < -0.39 is 11.5 Å². The van der Waals surface area contributed by atoms with Crippen molar-refractivity contribution in [2.75, 3.05) is 19.1 Å². The number of likely N-dealkylation sites (N-methyl/N-ethyl adjacent to an activating group) is 1. The van der Waals surface area contributed by atoms with Crippen LogP contribution in [0, 0.1) is 6.92 Å². The van der Waals surface area contributed by atoms with Gasteiger partial charge in [0.05, 0.1) is 12.7 Å².